The van der Waals surface area contributed by atoms with Crippen molar-refractivity contribution in [3.8, 4) is 11.5 Å². The van der Waals surface area contributed by atoms with Crippen LogP contribution in [0.3, 0.4) is 0 Å². The molecule has 0 N–H and O–H groups in total. The molecule has 0 aromatic heterocycles. The summed E-state index contributed by atoms with van der Waals surface area (Å²) in [7, 11) is 3.41. The third-order valence-corrected chi connectivity index (χ3v) is 5.03. The fourth-order valence-corrected chi connectivity index (χ4v) is 3.67. The zero-order chi connectivity index (χ0) is 18.8. The van der Waals surface area contributed by atoms with Gasteiger partial charge in [-0.05, 0) is 54.1 Å². The van der Waals surface area contributed by atoms with E-state index in [1.165, 1.54) is 32.9 Å². The first-order valence-electron chi connectivity index (χ1n) is 9.16. The van der Waals surface area contributed by atoms with Gasteiger partial charge in [0.25, 0.3) is 0 Å². The molecule has 136 valence electrons. The molecule has 0 amide bonds. The fourth-order valence-electron chi connectivity index (χ4n) is 3.67. The lowest BCUT2D eigenvalue weighted by Crippen LogP contribution is -2.16. The Morgan fingerprint density at radius 3 is 1.56 bits per heavy atom. The average molecular weight is 357 g/mol. The van der Waals surface area contributed by atoms with E-state index in [9.17, 15) is 0 Å². The number of hydrogen-bond acceptors (Lipinski definition) is 3. The summed E-state index contributed by atoms with van der Waals surface area (Å²) in [6.45, 7) is 3.03. The fraction of sp³-hybridized carbons (Fsp3) is 0.167. The van der Waals surface area contributed by atoms with Crippen LogP contribution in [0.2, 0.25) is 0 Å². The van der Waals surface area contributed by atoms with E-state index >= 15 is 0 Å². The smallest absolute Gasteiger partial charge is 0.119 e. The van der Waals surface area contributed by atoms with Gasteiger partial charge in [-0.25, -0.2) is 0 Å². The average Bonchev–Trinajstić information content (AvgIpc) is 2.73. The summed E-state index contributed by atoms with van der Waals surface area (Å²) in [6.07, 6.45) is 0. The summed E-state index contributed by atoms with van der Waals surface area (Å²) in [5.74, 6) is 1.73. The minimum atomic E-state index is 0.854. The molecule has 0 atom stereocenters. The molecule has 0 spiro atoms. The minimum Gasteiger partial charge on any atom is -0.497 e. The van der Waals surface area contributed by atoms with Gasteiger partial charge >= 0.3 is 0 Å². The van der Waals surface area contributed by atoms with Gasteiger partial charge in [0.1, 0.15) is 11.5 Å². The molecule has 0 saturated carbocycles. The van der Waals surface area contributed by atoms with Crippen LogP contribution in [0.5, 0.6) is 11.5 Å². The third-order valence-electron chi connectivity index (χ3n) is 5.03. The number of hydrogen-bond donors (Lipinski definition) is 0. The molecule has 4 rings (SSSR count). The Bertz CT molecular complexity index is 1020. The van der Waals surface area contributed by atoms with Gasteiger partial charge in [0.2, 0.25) is 0 Å². The normalized spacial score (nSPS) is 10.9. The highest BCUT2D eigenvalue weighted by molar-refractivity contribution is 6.02. The van der Waals surface area contributed by atoms with Crippen molar-refractivity contribution >= 4 is 32.9 Å². The highest BCUT2D eigenvalue weighted by Gasteiger charge is 2.14. The van der Waals surface area contributed by atoms with Gasteiger partial charge in [0.15, 0.2) is 0 Å². The van der Waals surface area contributed by atoms with Gasteiger partial charge < -0.3 is 14.4 Å². The summed E-state index contributed by atoms with van der Waals surface area (Å²) < 4.78 is 10.9. The minimum absolute atomic E-state index is 0.854. The molecule has 0 heterocycles. The molecule has 27 heavy (non-hydrogen) atoms. The van der Waals surface area contributed by atoms with E-state index in [2.05, 4.69) is 72.5 Å². The predicted molar refractivity (Wildman–Crippen MR) is 114 cm³/mol. The Balaban J connectivity index is 1.95. The van der Waals surface area contributed by atoms with Crippen LogP contribution < -0.4 is 14.4 Å². The Hall–Kier alpha value is -3.20. The van der Waals surface area contributed by atoms with Crippen LogP contribution in [0.15, 0.2) is 72.8 Å². The molecule has 3 nitrogen and oxygen atoms in total. The lowest BCUT2D eigenvalue weighted by molar-refractivity contribution is 0.415. The first-order chi connectivity index (χ1) is 13.2. The molecule has 0 radical (unpaired) electrons. The van der Waals surface area contributed by atoms with Crippen molar-refractivity contribution in [1.29, 1.82) is 0 Å². The molecule has 4 aromatic carbocycles. The summed E-state index contributed by atoms with van der Waals surface area (Å²) in [5, 5.41) is 4.76. The van der Waals surface area contributed by atoms with Crippen molar-refractivity contribution in [2.24, 2.45) is 0 Å². The third kappa shape index (κ3) is 3.06. The number of anilines is 2. The number of fused-ring (bicyclic) bond motifs is 2. The molecule has 0 aliphatic rings. The van der Waals surface area contributed by atoms with Crippen molar-refractivity contribution in [1.82, 2.24) is 0 Å². The molecular formula is C24H23NO2. The van der Waals surface area contributed by atoms with Crippen LogP contribution >= 0.6 is 0 Å². The van der Waals surface area contributed by atoms with Gasteiger partial charge in [-0.1, -0.05) is 36.4 Å². The van der Waals surface area contributed by atoms with Crippen molar-refractivity contribution in [3.63, 3.8) is 0 Å². The van der Waals surface area contributed by atoms with E-state index in [0.29, 0.717) is 0 Å². The summed E-state index contributed by atoms with van der Waals surface area (Å²) in [6, 6.07) is 25.3. The lowest BCUT2D eigenvalue weighted by Gasteiger charge is -2.26. The summed E-state index contributed by atoms with van der Waals surface area (Å²) in [4.78, 5) is 2.35. The van der Waals surface area contributed by atoms with E-state index in [1.807, 2.05) is 12.1 Å². The number of nitrogens with zero attached hydrogens (tertiary/aromatic N) is 1. The molecule has 0 saturated heterocycles. The number of rotatable bonds is 5. The number of benzene rings is 4. The van der Waals surface area contributed by atoms with Crippen LogP contribution in [0, 0.1) is 0 Å². The quantitative estimate of drug-likeness (QED) is 0.426. The zero-order valence-electron chi connectivity index (χ0n) is 15.9. The van der Waals surface area contributed by atoms with Crippen molar-refractivity contribution in [2.45, 2.75) is 6.92 Å². The second-order valence-electron chi connectivity index (χ2n) is 6.47. The monoisotopic (exact) mass is 357 g/mol. The van der Waals surface area contributed by atoms with E-state index in [-0.39, 0.29) is 0 Å². The Kier molecular flexibility index (Phi) is 4.59. The largest absolute Gasteiger partial charge is 0.497 e. The van der Waals surface area contributed by atoms with Crippen LogP contribution in [-0.4, -0.2) is 20.8 Å². The molecule has 0 aliphatic carbocycles. The highest BCUT2D eigenvalue weighted by Crippen LogP contribution is 2.38. The van der Waals surface area contributed by atoms with Crippen LogP contribution in [0.1, 0.15) is 6.92 Å². The maximum Gasteiger partial charge on any atom is 0.119 e. The maximum atomic E-state index is 5.46. The Labute approximate surface area is 159 Å². The number of ether oxygens (including phenoxy) is 2. The van der Waals surface area contributed by atoms with Crippen molar-refractivity contribution in [2.75, 3.05) is 25.7 Å². The Morgan fingerprint density at radius 1 is 0.667 bits per heavy atom. The molecule has 0 fully saturated rings. The van der Waals surface area contributed by atoms with Crippen molar-refractivity contribution in [3.05, 3.63) is 72.8 Å². The molecule has 0 aliphatic heterocycles. The second-order valence-corrected chi connectivity index (χ2v) is 6.47. The van der Waals surface area contributed by atoms with Crippen LogP contribution in [0.4, 0.5) is 11.4 Å². The lowest BCUT2D eigenvalue weighted by atomic mass is 10.0. The molecule has 0 bridgehead atoms. The van der Waals surface area contributed by atoms with Gasteiger partial charge in [-0.15, -0.1) is 0 Å². The van der Waals surface area contributed by atoms with E-state index in [1.54, 1.807) is 14.2 Å². The molecular weight excluding hydrogens is 334 g/mol. The number of methoxy groups -OCH3 is 2. The predicted octanol–water partition coefficient (Wildman–Crippen LogP) is 6.17. The second kappa shape index (κ2) is 7.20. The van der Waals surface area contributed by atoms with Gasteiger partial charge in [0, 0.05) is 28.7 Å². The maximum absolute atomic E-state index is 5.46. The Morgan fingerprint density at radius 2 is 1.15 bits per heavy atom. The SMILES string of the molecule is CCN(c1cccc2ccc(OC)cc12)c1cccc2ccc(OC)cc12. The van der Waals surface area contributed by atoms with Gasteiger partial charge in [-0.3, -0.25) is 0 Å². The van der Waals surface area contributed by atoms with E-state index in [0.717, 1.165) is 18.0 Å². The first-order valence-corrected chi connectivity index (χ1v) is 9.16. The first kappa shape index (κ1) is 17.2. The van der Waals surface area contributed by atoms with E-state index < -0.39 is 0 Å². The van der Waals surface area contributed by atoms with Gasteiger partial charge in [0.05, 0.1) is 14.2 Å². The van der Waals surface area contributed by atoms with Crippen molar-refractivity contribution < 1.29 is 9.47 Å². The molecule has 4 aromatic rings. The van der Waals surface area contributed by atoms with Crippen LogP contribution in [-0.2, 0) is 0 Å². The van der Waals surface area contributed by atoms with Gasteiger partial charge in [-0.2, -0.15) is 0 Å². The summed E-state index contributed by atoms with van der Waals surface area (Å²) in [5.41, 5.74) is 2.34. The molecule has 3 heteroatoms. The van der Waals surface area contributed by atoms with Crippen LogP contribution in [0.25, 0.3) is 21.5 Å². The standard InChI is InChI=1S/C24H23NO2/c1-4-25(23-9-5-7-17-11-13-19(26-2)15-21(17)23)24-10-6-8-18-12-14-20(27-3)16-22(18)24/h5-16H,4H2,1-3H3. The molecule has 0 unspecified atom stereocenters. The topological polar surface area (TPSA) is 21.7 Å². The van der Waals surface area contributed by atoms with E-state index in [4.69, 9.17) is 9.47 Å². The summed E-state index contributed by atoms with van der Waals surface area (Å²) >= 11 is 0. The highest BCUT2D eigenvalue weighted by atomic mass is 16.5. The zero-order valence-corrected chi connectivity index (χ0v) is 15.9.